The van der Waals surface area contributed by atoms with E-state index in [-0.39, 0.29) is 11.5 Å². The highest BCUT2D eigenvalue weighted by Crippen LogP contribution is 2.31. The summed E-state index contributed by atoms with van der Waals surface area (Å²) in [5.41, 5.74) is 8.50. The van der Waals surface area contributed by atoms with Gasteiger partial charge in [0.1, 0.15) is 5.75 Å². The van der Waals surface area contributed by atoms with Gasteiger partial charge < -0.3 is 10.5 Å². The van der Waals surface area contributed by atoms with Gasteiger partial charge in [-0.25, -0.2) is 0 Å². The monoisotopic (exact) mass is 221 g/mol. The number of ether oxygens (including phenoxy) is 1. The minimum Gasteiger partial charge on any atom is -0.496 e. The summed E-state index contributed by atoms with van der Waals surface area (Å²) in [6, 6.07) is 6.58. The molecule has 0 amide bonds. The molecule has 16 heavy (non-hydrogen) atoms. The Labute approximate surface area is 98.8 Å². The Morgan fingerprint density at radius 2 is 2.00 bits per heavy atom. The molecule has 0 bridgehead atoms. The van der Waals surface area contributed by atoms with Crippen molar-refractivity contribution in [1.82, 2.24) is 0 Å². The van der Waals surface area contributed by atoms with Crippen molar-refractivity contribution < 1.29 is 4.74 Å². The summed E-state index contributed by atoms with van der Waals surface area (Å²) in [4.78, 5) is 0. The molecule has 1 unspecified atom stereocenters. The first-order valence-electron chi connectivity index (χ1n) is 5.77. The first-order chi connectivity index (χ1) is 7.36. The molecule has 1 atom stereocenters. The van der Waals surface area contributed by atoms with Gasteiger partial charge in [-0.05, 0) is 42.9 Å². The second-order valence-electron chi connectivity index (χ2n) is 5.25. The molecule has 0 aliphatic rings. The molecule has 1 aromatic rings. The molecule has 0 saturated heterocycles. The Hall–Kier alpha value is -1.02. The van der Waals surface area contributed by atoms with Crippen molar-refractivity contribution in [1.29, 1.82) is 0 Å². The Morgan fingerprint density at radius 3 is 2.44 bits per heavy atom. The maximum atomic E-state index is 5.89. The van der Waals surface area contributed by atoms with Crippen molar-refractivity contribution in [2.75, 3.05) is 7.11 Å². The lowest BCUT2D eigenvalue weighted by Crippen LogP contribution is -2.28. The van der Waals surface area contributed by atoms with Crippen LogP contribution in [-0.4, -0.2) is 13.2 Å². The highest BCUT2D eigenvalue weighted by atomic mass is 16.5. The van der Waals surface area contributed by atoms with Gasteiger partial charge in [0.15, 0.2) is 0 Å². The van der Waals surface area contributed by atoms with Gasteiger partial charge in [0.05, 0.1) is 7.11 Å². The zero-order valence-electron chi connectivity index (χ0n) is 11.0. The molecule has 90 valence electrons. The highest BCUT2D eigenvalue weighted by molar-refractivity contribution is 5.39. The van der Waals surface area contributed by atoms with Crippen LogP contribution in [0, 0.1) is 6.92 Å². The lowest BCUT2D eigenvalue weighted by molar-refractivity contribution is 0.408. The van der Waals surface area contributed by atoms with E-state index in [1.54, 1.807) is 7.11 Å². The Kier molecular flexibility index (Phi) is 3.98. The number of hydrogen-bond donors (Lipinski definition) is 1. The second-order valence-corrected chi connectivity index (χ2v) is 5.25. The number of rotatable bonds is 4. The third-order valence-corrected chi connectivity index (χ3v) is 3.01. The third-order valence-electron chi connectivity index (χ3n) is 3.01. The molecule has 2 N–H and O–H groups in total. The molecular formula is C14H23NO. The molecule has 0 radical (unpaired) electrons. The number of benzene rings is 1. The standard InChI is InChI=1S/C14H23NO/c1-10-8-12(6-7-13(10)16-5)14(3,4)9-11(2)15/h6-8,11H,9,15H2,1-5H3. The summed E-state index contributed by atoms with van der Waals surface area (Å²) in [5, 5.41) is 0. The average Bonchev–Trinajstić information content (AvgIpc) is 2.15. The summed E-state index contributed by atoms with van der Waals surface area (Å²) >= 11 is 0. The number of nitrogens with two attached hydrogens (primary N) is 1. The highest BCUT2D eigenvalue weighted by Gasteiger charge is 2.22. The van der Waals surface area contributed by atoms with E-state index >= 15 is 0 Å². The van der Waals surface area contributed by atoms with Crippen molar-refractivity contribution in [2.24, 2.45) is 5.73 Å². The fraction of sp³-hybridized carbons (Fsp3) is 0.571. The Balaban J connectivity index is 3.00. The van der Waals surface area contributed by atoms with Crippen LogP contribution in [-0.2, 0) is 5.41 Å². The fourth-order valence-electron chi connectivity index (χ4n) is 2.22. The molecule has 0 aromatic heterocycles. The van der Waals surface area contributed by atoms with Crippen molar-refractivity contribution in [3.05, 3.63) is 29.3 Å². The molecule has 0 saturated carbocycles. The van der Waals surface area contributed by atoms with Gasteiger partial charge in [0, 0.05) is 6.04 Å². The molecule has 0 fully saturated rings. The van der Waals surface area contributed by atoms with Gasteiger partial charge in [0.2, 0.25) is 0 Å². The number of hydrogen-bond acceptors (Lipinski definition) is 2. The van der Waals surface area contributed by atoms with E-state index in [0.29, 0.717) is 0 Å². The van der Waals surface area contributed by atoms with E-state index < -0.39 is 0 Å². The van der Waals surface area contributed by atoms with E-state index in [0.717, 1.165) is 12.2 Å². The van der Waals surface area contributed by atoms with Gasteiger partial charge in [-0.2, -0.15) is 0 Å². The van der Waals surface area contributed by atoms with Gasteiger partial charge in [-0.1, -0.05) is 26.0 Å². The van der Waals surface area contributed by atoms with Crippen LogP contribution in [0.15, 0.2) is 18.2 Å². The summed E-state index contributed by atoms with van der Waals surface area (Å²) in [5.74, 6) is 0.945. The normalized spacial score (nSPS) is 13.6. The van der Waals surface area contributed by atoms with Crippen LogP contribution in [0.3, 0.4) is 0 Å². The second kappa shape index (κ2) is 4.88. The largest absolute Gasteiger partial charge is 0.496 e. The SMILES string of the molecule is COc1ccc(C(C)(C)CC(C)N)cc1C. The van der Waals surface area contributed by atoms with E-state index in [9.17, 15) is 0 Å². The van der Waals surface area contributed by atoms with E-state index in [4.69, 9.17) is 10.5 Å². The van der Waals surface area contributed by atoms with Crippen molar-refractivity contribution in [3.63, 3.8) is 0 Å². The molecule has 1 aromatic carbocycles. The van der Waals surface area contributed by atoms with E-state index in [2.05, 4.69) is 39.8 Å². The Morgan fingerprint density at radius 1 is 1.38 bits per heavy atom. The van der Waals surface area contributed by atoms with Crippen molar-refractivity contribution >= 4 is 0 Å². The summed E-state index contributed by atoms with van der Waals surface area (Å²) in [7, 11) is 1.70. The van der Waals surface area contributed by atoms with Crippen LogP contribution < -0.4 is 10.5 Å². The molecule has 0 spiro atoms. The predicted octanol–water partition coefficient (Wildman–Crippen LogP) is 3.02. The smallest absolute Gasteiger partial charge is 0.121 e. The van der Waals surface area contributed by atoms with E-state index in [1.807, 2.05) is 6.07 Å². The first kappa shape index (κ1) is 13.0. The van der Waals surface area contributed by atoms with Crippen LogP contribution in [0.4, 0.5) is 0 Å². The van der Waals surface area contributed by atoms with Crippen LogP contribution in [0.25, 0.3) is 0 Å². The minimum atomic E-state index is 0.116. The van der Waals surface area contributed by atoms with Gasteiger partial charge in [-0.15, -0.1) is 0 Å². The Bertz CT molecular complexity index is 356. The molecule has 2 nitrogen and oxygen atoms in total. The van der Waals surface area contributed by atoms with Crippen molar-refractivity contribution in [2.45, 2.75) is 45.6 Å². The molecule has 0 heterocycles. The number of aryl methyl sites for hydroxylation is 1. The molecule has 0 aliphatic carbocycles. The van der Waals surface area contributed by atoms with Crippen LogP contribution >= 0.6 is 0 Å². The van der Waals surface area contributed by atoms with E-state index in [1.165, 1.54) is 11.1 Å². The van der Waals surface area contributed by atoms with Crippen LogP contribution in [0.1, 0.15) is 38.3 Å². The zero-order chi connectivity index (χ0) is 12.3. The van der Waals surface area contributed by atoms with Crippen LogP contribution in [0.5, 0.6) is 5.75 Å². The maximum Gasteiger partial charge on any atom is 0.121 e. The molecule has 2 heteroatoms. The fourth-order valence-corrected chi connectivity index (χ4v) is 2.22. The summed E-state index contributed by atoms with van der Waals surface area (Å²) < 4.78 is 5.27. The first-order valence-corrected chi connectivity index (χ1v) is 5.77. The lowest BCUT2D eigenvalue weighted by atomic mass is 9.79. The quantitative estimate of drug-likeness (QED) is 0.848. The average molecular weight is 221 g/mol. The third kappa shape index (κ3) is 2.99. The molecule has 1 rings (SSSR count). The number of methoxy groups -OCH3 is 1. The minimum absolute atomic E-state index is 0.116. The lowest BCUT2D eigenvalue weighted by Gasteiger charge is -2.28. The molecule has 0 aliphatic heterocycles. The van der Waals surface area contributed by atoms with Gasteiger partial charge >= 0.3 is 0 Å². The van der Waals surface area contributed by atoms with Crippen molar-refractivity contribution in [3.8, 4) is 5.75 Å². The summed E-state index contributed by atoms with van der Waals surface area (Å²) in [6.45, 7) is 8.59. The van der Waals surface area contributed by atoms with Gasteiger partial charge in [0.25, 0.3) is 0 Å². The predicted molar refractivity (Wildman–Crippen MR) is 69.0 cm³/mol. The molecular weight excluding hydrogens is 198 g/mol. The topological polar surface area (TPSA) is 35.2 Å². The maximum absolute atomic E-state index is 5.89. The summed E-state index contributed by atoms with van der Waals surface area (Å²) in [6.07, 6.45) is 0.985. The van der Waals surface area contributed by atoms with Gasteiger partial charge in [-0.3, -0.25) is 0 Å². The zero-order valence-corrected chi connectivity index (χ0v) is 11.0. The van der Waals surface area contributed by atoms with Crippen LogP contribution in [0.2, 0.25) is 0 Å².